The van der Waals surface area contributed by atoms with Crippen LogP contribution < -0.4 is 5.32 Å². The monoisotopic (exact) mass is 284 g/mol. The van der Waals surface area contributed by atoms with E-state index in [1.807, 2.05) is 25.3 Å². The van der Waals surface area contributed by atoms with E-state index in [9.17, 15) is 4.79 Å². The molecule has 0 aromatic carbocycles. The second-order valence-corrected chi connectivity index (χ2v) is 6.11. The average molecular weight is 284 g/mol. The summed E-state index contributed by atoms with van der Waals surface area (Å²) in [5.41, 5.74) is -0.474. The van der Waals surface area contributed by atoms with Crippen molar-refractivity contribution in [3.63, 3.8) is 0 Å². The van der Waals surface area contributed by atoms with Crippen LogP contribution in [0.25, 0.3) is 0 Å². The first kappa shape index (κ1) is 14.0. The fourth-order valence-corrected chi connectivity index (χ4v) is 2.11. The van der Waals surface area contributed by atoms with Gasteiger partial charge in [-0.1, -0.05) is 0 Å². The molecule has 1 aliphatic rings. The van der Waals surface area contributed by atoms with E-state index < -0.39 is 11.7 Å². The van der Waals surface area contributed by atoms with Crippen molar-refractivity contribution in [2.45, 2.75) is 51.7 Å². The SMILES string of the molecule is CC(C)(C)OC(=O)NCCc1n[nH]c(=S)n1C1CC1. The van der Waals surface area contributed by atoms with Gasteiger partial charge in [-0.15, -0.1) is 0 Å². The van der Waals surface area contributed by atoms with E-state index >= 15 is 0 Å². The van der Waals surface area contributed by atoms with Gasteiger partial charge < -0.3 is 14.6 Å². The fraction of sp³-hybridized carbons (Fsp3) is 0.750. The second kappa shape index (κ2) is 5.32. The van der Waals surface area contributed by atoms with E-state index in [1.165, 1.54) is 0 Å². The van der Waals surface area contributed by atoms with Crippen LogP contribution in [-0.4, -0.2) is 33.0 Å². The van der Waals surface area contributed by atoms with E-state index in [2.05, 4.69) is 15.5 Å². The van der Waals surface area contributed by atoms with Gasteiger partial charge in [0.2, 0.25) is 0 Å². The van der Waals surface area contributed by atoms with Crippen LogP contribution in [0.5, 0.6) is 0 Å². The van der Waals surface area contributed by atoms with Gasteiger partial charge in [0.15, 0.2) is 4.77 Å². The van der Waals surface area contributed by atoms with Crippen molar-refractivity contribution in [1.82, 2.24) is 20.1 Å². The smallest absolute Gasteiger partial charge is 0.407 e. The van der Waals surface area contributed by atoms with Gasteiger partial charge in [-0.05, 0) is 45.8 Å². The maximum Gasteiger partial charge on any atom is 0.407 e. The molecule has 0 saturated heterocycles. The molecule has 1 heterocycles. The van der Waals surface area contributed by atoms with Crippen LogP contribution >= 0.6 is 12.2 Å². The lowest BCUT2D eigenvalue weighted by Crippen LogP contribution is -2.33. The predicted octanol–water partition coefficient (Wildman–Crippen LogP) is 2.34. The molecule has 1 fully saturated rings. The number of aromatic nitrogens is 3. The largest absolute Gasteiger partial charge is 0.444 e. The molecule has 1 saturated carbocycles. The quantitative estimate of drug-likeness (QED) is 0.832. The zero-order valence-corrected chi connectivity index (χ0v) is 12.3. The Morgan fingerprint density at radius 3 is 2.84 bits per heavy atom. The zero-order valence-electron chi connectivity index (χ0n) is 11.5. The Labute approximate surface area is 117 Å². The number of hydrogen-bond donors (Lipinski definition) is 2. The molecule has 0 radical (unpaired) electrons. The van der Waals surface area contributed by atoms with Crippen molar-refractivity contribution in [2.75, 3.05) is 6.54 Å². The van der Waals surface area contributed by atoms with E-state index in [1.54, 1.807) is 0 Å². The maximum atomic E-state index is 11.5. The van der Waals surface area contributed by atoms with Crippen LogP contribution in [0.2, 0.25) is 0 Å². The third-order valence-corrected chi connectivity index (χ3v) is 2.99. The summed E-state index contributed by atoms with van der Waals surface area (Å²) in [5.74, 6) is 0.892. The van der Waals surface area contributed by atoms with E-state index in [0.717, 1.165) is 18.7 Å². The lowest BCUT2D eigenvalue weighted by Gasteiger charge is -2.19. The molecule has 0 aliphatic heterocycles. The minimum absolute atomic E-state index is 0.403. The summed E-state index contributed by atoms with van der Waals surface area (Å²) in [5, 5.41) is 9.73. The Hall–Kier alpha value is -1.37. The van der Waals surface area contributed by atoms with Gasteiger partial charge >= 0.3 is 6.09 Å². The number of carbonyl (C=O) groups is 1. The molecule has 1 aromatic rings. The molecule has 0 atom stereocenters. The number of nitrogens with one attached hydrogen (secondary N) is 2. The van der Waals surface area contributed by atoms with Gasteiger partial charge in [0.1, 0.15) is 11.4 Å². The number of amides is 1. The maximum absolute atomic E-state index is 11.5. The highest BCUT2D eigenvalue weighted by Gasteiger charge is 2.27. The van der Waals surface area contributed by atoms with Crippen molar-refractivity contribution in [1.29, 1.82) is 0 Å². The summed E-state index contributed by atoms with van der Waals surface area (Å²) in [4.78, 5) is 11.5. The standard InChI is InChI=1S/C12H20N4O2S/c1-12(2,3)18-11(17)13-7-6-9-14-15-10(19)16(9)8-4-5-8/h8H,4-7H2,1-3H3,(H,13,17)(H,15,19). The molecule has 7 heteroatoms. The number of rotatable bonds is 4. The number of H-pyrrole nitrogens is 1. The van der Waals surface area contributed by atoms with E-state index in [4.69, 9.17) is 17.0 Å². The third kappa shape index (κ3) is 4.05. The normalized spacial score (nSPS) is 15.3. The van der Waals surface area contributed by atoms with Crippen LogP contribution in [0.3, 0.4) is 0 Å². The molecule has 1 aliphatic carbocycles. The molecule has 1 aromatic heterocycles. The van der Waals surface area contributed by atoms with E-state index in [-0.39, 0.29) is 0 Å². The molecule has 0 unspecified atom stereocenters. The molecule has 106 valence electrons. The fourth-order valence-electron chi connectivity index (χ4n) is 1.81. The highest BCUT2D eigenvalue weighted by molar-refractivity contribution is 7.71. The lowest BCUT2D eigenvalue weighted by atomic mass is 10.2. The van der Waals surface area contributed by atoms with Gasteiger partial charge in [0.25, 0.3) is 0 Å². The number of alkyl carbamates (subject to hydrolysis) is 1. The summed E-state index contributed by atoms with van der Waals surface area (Å²) in [7, 11) is 0. The number of aromatic amines is 1. The predicted molar refractivity (Wildman–Crippen MR) is 73.6 cm³/mol. The molecule has 0 bridgehead atoms. The topological polar surface area (TPSA) is 71.9 Å². The third-order valence-electron chi connectivity index (χ3n) is 2.71. The van der Waals surface area contributed by atoms with Crippen LogP contribution in [0, 0.1) is 4.77 Å². The molecule has 6 nitrogen and oxygen atoms in total. The summed E-state index contributed by atoms with van der Waals surface area (Å²) in [6.07, 6.45) is 2.54. The van der Waals surface area contributed by atoms with Gasteiger partial charge in [-0.3, -0.25) is 5.10 Å². The Morgan fingerprint density at radius 1 is 1.58 bits per heavy atom. The number of hydrogen-bond acceptors (Lipinski definition) is 4. The molecule has 19 heavy (non-hydrogen) atoms. The van der Waals surface area contributed by atoms with Crippen LogP contribution in [0.1, 0.15) is 45.5 Å². The Morgan fingerprint density at radius 2 is 2.26 bits per heavy atom. The van der Waals surface area contributed by atoms with Crippen molar-refractivity contribution in [3.8, 4) is 0 Å². The molecular weight excluding hydrogens is 264 g/mol. The number of carbonyl (C=O) groups excluding carboxylic acids is 1. The molecule has 0 spiro atoms. The highest BCUT2D eigenvalue weighted by atomic mass is 32.1. The molecule has 1 amide bonds. The lowest BCUT2D eigenvalue weighted by molar-refractivity contribution is 0.0528. The molecular formula is C12H20N4O2S. The number of nitrogens with zero attached hydrogens (tertiary/aromatic N) is 2. The van der Waals surface area contributed by atoms with E-state index in [0.29, 0.717) is 23.8 Å². The summed E-state index contributed by atoms with van der Waals surface area (Å²) < 4.78 is 7.87. The zero-order chi connectivity index (χ0) is 14.0. The second-order valence-electron chi connectivity index (χ2n) is 5.72. The molecule has 2 rings (SSSR count). The summed E-state index contributed by atoms with van der Waals surface area (Å²) in [6, 6.07) is 0.489. The van der Waals surface area contributed by atoms with Gasteiger partial charge in [0.05, 0.1) is 0 Å². The first-order valence-corrected chi connectivity index (χ1v) is 6.90. The Kier molecular flexibility index (Phi) is 3.93. The Balaban J connectivity index is 1.83. The van der Waals surface area contributed by atoms with Crippen molar-refractivity contribution in [2.24, 2.45) is 0 Å². The van der Waals surface area contributed by atoms with Crippen LogP contribution in [-0.2, 0) is 11.2 Å². The summed E-state index contributed by atoms with van der Waals surface area (Å²) >= 11 is 5.20. The number of ether oxygens (including phenoxy) is 1. The first-order chi connectivity index (χ1) is 8.87. The molecule has 2 N–H and O–H groups in total. The van der Waals surface area contributed by atoms with Gasteiger partial charge in [-0.25, -0.2) is 4.79 Å². The summed E-state index contributed by atoms with van der Waals surface area (Å²) in [6.45, 7) is 6.00. The van der Waals surface area contributed by atoms with Gasteiger partial charge in [-0.2, -0.15) is 5.10 Å². The minimum atomic E-state index is -0.474. The van der Waals surface area contributed by atoms with Crippen LogP contribution in [0.4, 0.5) is 4.79 Å². The van der Waals surface area contributed by atoms with Gasteiger partial charge in [0, 0.05) is 19.0 Å². The Bertz CT molecular complexity index is 511. The van der Waals surface area contributed by atoms with Crippen molar-refractivity contribution in [3.05, 3.63) is 10.6 Å². The highest BCUT2D eigenvalue weighted by Crippen LogP contribution is 2.35. The van der Waals surface area contributed by atoms with Crippen molar-refractivity contribution < 1.29 is 9.53 Å². The average Bonchev–Trinajstić information content (AvgIpc) is 3.02. The first-order valence-electron chi connectivity index (χ1n) is 6.49. The van der Waals surface area contributed by atoms with Crippen LogP contribution in [0.15, 0.2) is 0 Å². The van der Waals surface area contributed by atoms with Crippen molar-refractivity contribution >= 4 is 18.3 Å². The minimum Gasteiger partial charge on any atom is -0.444 e.